The second-order valence-electron chi connectivity index (χ2n) is 9.38. The molecule has 0 radical (unpaired) electrons. The standard InChI is InChI=1S/C31H33N3O6S/c1-23-29(32-31(40-23)26-13-7-4-8-14-26)22-38-27-19-17-24(18-20-27)21-39-33-28(25-11-5-3-6-12-25)15-9-10-16-30(35)34-41(2,36)37/h3-8,11-15,17-20,33H,9-10,16,21-22H2,1-2H3,(H,34,35). The molecule has 0 fully saturated rings. The number of ether oxygens (including phenoxy) is 1. The van der Waals surface area contributed by atoms with Crippen LogP contribution in [0, 0.1) is 6.92 Å². The van der Waals surface area contributed by atoms with Crippen LogP contribution in [0.2, 0.25) is 0 Å². The van der Waals surface area contributed by atoms with E-state index in [0.717, 1.165) is 40.1 Å². The van der Waals surface area contributed by atoms with Crippen molar-refractivity contribution in [3.63, 3.8) is 0 Å². The molecule has 0 spiro atoms. The summed E-state index contributed by atoms with van der Waals surface area (Å²) in [5, 5.41) is 0. The molecule has 0 aliphatic carbocycles. The smallest absolute Gasteiger partial charge is 0.233 e. The molecule has 0 unspecified atom stereocenters. The van der Waals surface area contributed by atoms with Crippen LogP contribution < -0.4 is 14.9 Å². The van der Waals surface area contributed by atoms with Gasteiger partial charge < -0.3 is 9.15 Å². The van der Waals surface area contributed by atoms with Gasteiger partial charge in [0.25, 0.3) is 0 Å². The van der Waals surface area contributed by atoms with Gasteiger partial charge in [0.05, 0.1) is 18.6 Å². The lowest BCUT2D eigenvalue weighted by atomic mass is 10.1. The maximum absolute atomic E-state index is 11.7. The summed E-state index contributed by atoms with van der Waals surface area (Å²) in [5.41, 5.74) is 7.30. The van der Waals surface area contributed by atoms with Gasteiger partial charge in [0.2, 0.25) is 21.8 Å². The summed E-state index contributed by atoms with van der Waals surface area (Å²) in [6.07, 6.45) is 4.03. The van der Waals surface area contributed by atoms with E-state index in [4.69, 9.17) is 14.0 Å². The fourth-order valence-electron chi connectivity index (χ4n) is 3.90. The van der Waals surface area contributed by atoms with E-state index in [-0.39, 0.29) is 6.42 Å². The zero-order valence-corrected chi connectivity index (χ0v) is 23.8. The lowest BCUT2D eigenvalue weighted by Crippen LogP contribution is -2.28. The first-order valence-corrected chi connectivity index (χ1v) is 15.0. The number of nitrogens with one attached hydrogen (secondary N) is 2. The summed E-state index contributed by atoms with van der Waals surface area (Å²) in [6, 6.07) is 27.0. The van der Waals surface area contributed by atoms with Gasteiger partial charge in [-0.1, -0.05) is 66.7 Å². The number of benzene rings is 3. The summed E-state index contributed by atoms with van der Waals surface area (Å²) in [5.74, 6) is 1.48. The number of hydroxylamine groups is 1. The highest BCUT2D eigenvalue weighted by Gasteiger charge is 2.12. The molecule has 0 aliphatic heterocycles. The van der Waals surface area contributed by atoms with Crippen LogP contribution in [-0.2, 0) is 32.9 Å². The number of aromatic nitrogens is 1. The van der Waals surface area contributed by atoms with Crippen molar-refractivity contribution in [3.8, 4) is 17.2 Å². The Kier molecular flexibility index (Phi) is 10.3. The Labute approximate surface area is 240 Å². The zero-order valence-electron chi connectivity index (χ0n) is 23.0. The molecule has 1 heterocycles. The molecule has 10 heteroatoms. The number of sulfonamides is 1. The monoisotopic (exact) mass is 575 g/mol. The molecule has 3 aromatic carbocycles. The van der Waals surface area contributed by atoms with Gasteiger partial charge >= 0.3 is 0 Å². The van der Waals surface area contributed by atoms with Crippen molar-refractivity contribution in [2.24, 2.45) is 0 Å². The van der Waals surface area contributed by atoms with Crippen LogP contribution in [0.5, 0.6) is 5.75 Å². The highest BCUT2D eigenvalue weighted by atomic mass is 32.2. The van der Waals surface area contributed by atoms with Gasteiger partial charge in [-0.25, -0.2) is 13.4 Å². The average Bonchev–Trinajstić information content (AvgIpc) is 3.34. The van der Waals surface area contributed by atoms with E-state index in [1.807, 2.05) is 103 Å². The lowest BCUT2D eigenvalue weighted by Gasteiger charge is -2.12. The number of nitrogens with zero attached hydrogens (tertiary/aromatic N) is 1. The molecule has 1 aromatic heterocycles. The molecule has 0 atom stereocenters. The molecule has 1 amide bonds. The van der Waals surface area contributed by atoms with E-state index in [1.54, 1.807) is 0 Å². The predicted octanol–water partition coefficient (Wildman–Crippen LogP) is 5.54. The molecule has 9 nitrogen and oxygen atoms in total. The number of carbonyl (C=O) groups excluding carboxylic acids is 1. The van der Waals surface area contributed by atoms with Gasteiger partial charge in [-0.05, 0) is 55.2 Å². The fraction of sp³-hybridized carbons (Fsp3) is 0.226. The average molecular weight is 576 g/mol. The number of oxazole rings is 1. The molecule has 4 rings (SSSR count). The minimum absolute atomic E-state index is 0.103. The minimum Gasteiger partial charge on any atom is -0.487 e. The Bertz CT molecular complexity index is 1550. The highest BCUT2D eigenvalue weighted by molar-refractivity contribution is 7.89. The SMILES string of the molecule is Cc1oc(-c2ccccc2)nc1COc1ccc(CONC(=CCCCC(=O)NS(C)(=O)=O)c2ccccc2)cc1. The van der Waals surface area contributed by atoms with Crippen molar-refractivity contribution < 1.29 is 27.2 Å². The first kappa shape index (κ1) is 29.6. The number of allylic oxidation sites excluding steroid dienone is 1. The Morgan fingerprint density at radius 2 is 1.63 bits per heavy atom. The molecular formula is C31H33N3O6S. The Hall–Kier alpha value is -4.41. The fourth-order valence-corrected chi connectivity index (χ4v) is 4.42. The summed E-state index contributed by atoms with van der Waals surface area (Å²) in [7, 11) is -3.55. The number of amides is 1. The third-order valence-electron chi connectivity index (χ3n) is 5.97. The number of aryl methyl sites for hydroxylation is 1. The summed E-state index contributed by atoms with van der Waals surface area (Å²) < 4.78 is 36.1. The number of rotatable bonds is 14. The Balaban J connectivity index is 1.27. The highest BCUT2D eigenvalue weighted by Crippen LogP contribution is 2.23. The van der Waals surface area contributed by atoms with Gasteiger partial charge in [-0.3, -0.25) is 19.8 Å². The van der Waals surface area contributed by atoms with Crippen LogP contribution in [0.1, 0.15) is 41.8 Å². The van der Waals surface area contributed by atoms with Crippen LogP contribution in [0.15, 0.2) is 95.4 Å². The van der Waals surface area contributed by atoms with E-state index in [9.17, 15) is 13.2 Å². The normalized spacial score (nSPS) is 11.7. The number of unbranched alkanes of at least 4 members (excludes halogenated alkanes) is 1. The lowest BCUT2D eigenvalue weighted by molar-refractivity contribution is -0.119. The first-order chi connectivity index (χ1) is 19.8. The largest absolute Gasteiger partial charge is 0.487 e. The Morgan fingerprint density at radius 1 is 0.951 bits per heavy atom. The van der Waals surface area contributed by atoms with E-state index >= 15 is 0 Å². The van der Waals surface area contributed by atoms with Crippen molar-refractivity contribution in [1.82, 2.24) is 15.2 Å². The van der Waals surface area contributed by atoms with E-state index < -0.39 is 15.9 Å². The molecule has 41 heavy (non-hydrogen) atoms. The third kappa shape index (κ3) is 9.63. The molecule has 4 aromatic rings. The molecule has 0 saturated carbocycles. The van der Waals surface area contributed by atoms with Crippen molar-refractivity contribution in [3.05, 3.63) is 114 Å². The molecule has 2 N–H and O–H groups in total. The first-order valence-electron chi connectivity index (χ1n) is 13.1. The van der Waals surface area contributed by atoms with Gasteiger partial charge in [-0.15, -0.1) is 0 Å². The van der Waals surface area contributed by atoms with Crippen LogP contribution in [0.3, 0.4) is 0 Å². The Morgan fingerprint density at radius 3 is 2.32 bits per heavy atom. The van der Waals surface area contributed by atoms with Crippen LogP contribution in [-0.4, -0.2) is 25.6 Å². The summed E-state index contributed by atoms with van der Waals surface area (Å²) >= 11 is 0. The summed E-state index contributed by atoms with van der Waals surface area (Å²) in [6.45, 7) is 2.48. The molecule has 0 aliphatic rings. The maximum Gasteiger partial charge on any atom is 0.233 e. The van der Waals surface area contributed by atoms with Crippen molar-refractivity contribution >= 4 is 21.6 Å². The predicted molar refractivity (Wildman–Crippen MR) is 157 cm³/mol. The van der Waals surface area contributed by atoms with Gasteiger partial charge in [0.15, 0.2) is 0 Å². The second kappa shape index (κ2) is 14.3. The maximum atomic E-state index is 11.7. The van der Waals surface area contributed by atoms with Crippen molar-refractivity contribution in [1.29, 1.82) is 0 Å². The molecule has 0 bridgehead atoms. The zero-order chi connectivity index (χ0) is 29.1. The molecular weight excluding hydrogens is 542 g/mol. The van der Waals surface area contributed by atoms with Gasteiger partial charge in [-0.2, -0.15) is 0 Å². The molecule has 0 saturated heterocycles. The number of hydrogen-bond acceptors (Lipinski definition) is 8. The van der Waals surface area contributed by atoms with Gasteiger partial charge in [0, 0.05) is 12.0 Å². The summed E-state index contributed by atoms with van der Waals surface area (Å²) in [4.78, 5) is 22.1. The third-order valence-corrected chi connectivity index (χ3v) is 6.57. The molecule has 214 valence electrons. The number of carbonyl (C=O) groups is 1. The van der Waals surface area contributed by atoms with E-state index in [0.29, 0.717) is 37.7 Å². The van der Waals surface area contributed by atoms with Crippen molar-refractivity contribution in [2.45, 2.75) is 39.4 Å². The van der Waals surface area contributed by atoms with Crippen LogP contribution in [0.4, 0.5) is 0 Å². The quantitative estimate of drug-likeness (QED) is 0.149. The second-order valence-corrected chi connectivity index (χ2v) is 11.1. The van der Waals surface area contributed by atoms with E-state index in [1.165, 1.54) is 0 Å². The van der Waals surface area contributed by atoms with Crippen LogP contribution in [0.25, 0.3) is 17.2 Å². The minimum atomic E-state index is -3.55. The van der Waals surface area contributed by atoms with Crippen molar-refractivity contribution in [2.75, 3.05) is 6.26 Å². The topological polar surface area (TPSA) is 120 Å². The van der Waals surface area contributed by atoms with Gasteiger partial charge in [0.1, 0.15) is 23.8 Å². The van der Waals surface area contributed by atoms with E-state index in [2.05, 4.69) is 10.5 Å². The number of hydrogen-bond donors (Lipinski definition) is 2. The van der Waals surface area contributed by atoms with Crippen LogP contribution >= 0.6 is 0 Å².